The van der Waals surface area contributed by atoms with Gasteiger partial charge in [0, 0.05) is 45.5 Å². The van der Waals surface area contributed by atoms with Crippen molar-refractivity contribution in [2.75, 3.05) is 10.6 Å². The maximum atomic E-state index is 12.9. The zero-order valence-electron chi connectivity index (χ0n) is 20.2. The maximum absolute atomic E-state index is 12.9. The third kappa shape index (κ3) is 5.51. The zero-order chi connectivity index (χ0) is 26.0. The summed E-state index contributed by atoms with van der Waals surface area (Å²) in [5, 5.41) is 19.2. The van der Waals surface area contributed by atoms with Gasteiger partial charge in [0.25, 0.3) is 5.91 Å². The number of fused-ring (bicyclic) bond motifs is 1. The highest BCUT2D eigenvalue weighted by Gasteiger charge is 2.34. The molecule has 2 atom stereocenters. The van der Waals surface area contributed by atoms with E-state index in [9.17, 15) is 9.59 Å². The van der Waals surface area contributed by atoms with Crippen LogP contribution in [0.25, 0.3) is 22.2 Å². The molecule has 2 amide bonds. The number of amides is 2. The quantitative estimate of drug-likeness (QED) is 0.215. The van der Waals surface area contributed by atoms with Crippen molar-refractivity contribution in [3.05, 3.63) is 71.5 Å². The molecule has 9 nitrogen and oxygen atoms in total. The highest BCUT2D eigenvalue weighted by atomic mass is 35.5. The van der Waals surface area contributed by atoms with Crippen molar-refractivity contribution in [3.8, 4) is 11.3 Å². The Morgan fingerprint density at radius 1 is 1.16 bits per heavy atom. The predicted molar refractivity (Wildman–Crippen MR) is 144 cm³/mol. The van der Waals surface area contributed by atoms with Gasteiger partial charge in [0.05, 0.1) is 16.9 Å². The molecule has 0 radical (unpaired) electrons. The zero-order valence-corrected chi connectivity index (χ0v) is 21.0. The number of anilines is 2. The molecule has 37 heavy (non-hydrogen) atoms. The number of para-hydroxylation sites is 1. The number of hydrogen-bond acceptors (Lipinski definition) is 5. The molecule has 0 spiro atoms. The van der Waals surface area contributed by atoms with E-state index in [-0.39, 0.29) is 11.9 Å². The largest absolute Gasteiger partial charge is 0.465 e. The molecule has 2 unspecified atom stereocenters. The molecule has 2 heterocycles. The summed E-state index contributed by atoms with van der Waals surface area (Å²) in [7, 11) is 0. The number of rotatable bonds is 6. The highest BCUT2D eigenvalue weighted by molar-refractivity contribution is 6.33. The topological polar surface area (TPSA) is 132 Å². The molecule has 2 aromatic carbocycles. The molecular formula is C27H27ClN6O3. The first-order valence-corrected chi connectivity index (χ1v) is 12.5. The Hall–Kier alpha value is -4.11. The first kappa shape index (κ1) is 24.6. The Morgan fingerprint density at radius 2 is 1.95 bits per heavy atom. The van der Waals surface area contributed by atoms with Gasteiger partial charge in [-0.15, -0.1) is 0 Å². The molecule has 1 aliphatic rings. The molecule has 10 heteroatoms. The standard InChI is InChI=1S/C27H27ClN6O3/c1-27(34-24(35)16-8-10-17(11-9-16)32-26(36)37)12-4-5-18(13-27)31-25-30-15-21(28)23(33-25)20-14-29-22-7-3-2-6-19(20)22/h2-3,6-11,14-15,18,29,32H,4-5,12-13H2,1H3,(H,34,35)(H,36,37)(H,30,31,33). The van der Waals surface area contributed by atoms with Crippen LogP contribution >= 0.6 is 11.6 Å². The molecule has 0 aliphatic heterocycles. The summed E-state index contributed by atoms with van der Waals surface area (Å²) in [5.41, 5.74) is 3.04. The Labute approximate surface area is 218 Å². The normalized spacial score (nSPS) is 19.4. The van der Waals surface area contributed by atoms with Crippen LogP contribution in [0.4, 0.5) is 16.4 Å². The number of benzene rings is 2. The Kier molecular flexibility index (Phi) is 6.71. The van der Waals surface area contributed by atoms with Gasteiger partial charge in [0.2, 0.25) is 5.95 Å². The van der Waals surface area contributed by atoms with Gasteiger partial charge < -0.3 is 20.7 Å². The van der Waals surface area contributed by atoms with Gasteiger partial charge in [-0.25, -0.2) is 14.8 Å². The molecular weight excluding hydrogens is 492 g/mol. The Morgan fingerprint density at radius 3 is 2.73 bits per heavy atom. The van der Waals surface area contributed by atoms with Gasteiger partial charge in [-0.3, -0.25) is 10.1 Å². The molecule has 0 saturated heterocycles. The van der Waals surface area contributed by atoms with Crippen LogP contribution in [-0.2, 0) is 0 Å². The van der Waals surface area contributed by atoms with Gasteiger partial charge >= 0.3 is 6.09 Å². The number of carbonyl (C=O) groups is 2. The fourth-order valence-electron chi connectivity index (χ4n) is 4.97. The van der Waals surface area contributed by atoms with E-state index in [1.165, 1.54) is 0 Å². The van der Waals surface area contributed by atoms with Crippen LogP contribution in [0.2, 0.25) is 5.02 Å². The van der Waals surface area contributed by atoms with Crippen molar-refractivity contribution in [3.63, 3.8) is 0 Å². The summed E-state index contributed by atoms with van der Waals surface area (Å²) in [5.74, 6) is 0.293. The Balaban J connectivity index is 1.28. The number of carbonyl (C=O) groups excluding carboxylic acids is 1. The third-order valence-electron chi connectivity index (χ3n) is 6.71. The van der Waals surface area contributed by atoms with Gasteiger partial charge in [-0.1, -0.05) is 29.8 Å². The van der Waals surface area contributed by atoms with Crippen LogP contribution in [0.5, 0.6) is 0 Å². The lowest BCUT2D eigenvalue weighted by Crippen LogP contribution is -2.51. The van der Waals surface area contributed by atoms with Crippen LogP contribution in [0.1, 0.15) is 43.0 Å². The van der Waals surface area contributed by atoms with Crippen LogP contribution in [0, 0.1) is 0 Å². The smallest absolute Gasteiger partial charge is 0.409 e. The van der Waals surface area contributed by atoms with E-state index in [0.717, 1.165) is 35.7 Å². The van der Waals surface area contributed by atoms with Crippen molar-refractivity contribution in [1.29, 1.82) is 0 Å². The first-order valence-electron chi connectivity index (χ1n) is 12.1. The number of aromatic nitrogens is 3. The van der Waals surface area contributed by atoms with Gasteiger partial charge in [-0.05, 0) is 62.9 Å². The number of nitrogens with zero attached hydrogens (tertiary/aromatic N) is 2. The summed E-state index contributed by atoms with van der Waals surface area (Å²) in [6, 6.07) is 14.4. The molecule has 1 saturated carbocycles. The van der Waals surface area contributed by atoms with Crippen molar-refractivity contribution in [2.24, 2.45) is 0 Å². The first-order chi connectivity index (χ1) is 17.8. The molecule has 1 aliphatic carbocycles. The number of carboxylic acid groups (broad SMARTS) is 1. The minimum atomic E-state index is -1.15. The average molecular weight is 519 g/mol. The van der Waals surface area contributed by atoms with Gasteiger partial charge in [0.15, 0.2) is 0 Å². The Bertz CT molecular complexity index is 1450. The van der Waals surface area contributed by atoms with Crippen molar-refractivity contribution in [2.45, 2.75) is 44.2 Å². The van der Waals surface area contributed by atoms with E-state index in [1.54, 1.807) is 30.5 Å². The third-order valence-corrected chi connectivity index (χ3v) is 6.99. The molecule has 1 fully saturated rings. The second kappa shape index (κ2) is 10.1. The number of nitrogens with one attached hydrogen (secondary N) is 4. The van der Waals surface area contributed by atoms with Crippen molar-refractivity contribution in [1.82, 2.24) is 20.3 Å². The monoisotopic (exact) mass is 518 g/mol. The maximum Gasteiger partial charge on any atom is 0.409 e. The summed E-state index contributed by atoms with van der Waals surface area (Å²) in [4.78, 5) is 36.1. The number of H-pyrrole nitrogens is 1. The average Bonchev–Trinajstić information content (AvgIpc) is 3.29. The fraction of sp³-hybridized carbons (Fsp3) is 0.259. The van der Waals surface area contributed by atoms with E-state index in [2.05, 4.69) is 25.9 Å². The van der Waals surface area contributed by atoms with Gasteiger partial charge in [0.1, 0.15) is 0 Å². The summed E-state index contributed by atoms with van der Waals surface area (Å²) >= 11 is 6.48. The van der Waals surface area contributed by atoms with Crippen LogP contribution in [-0.4, -0.2) is 43.6 Å². The van der Waals surface area contributed by atoms with Crippen LogP contribution in [0.15, 0.2) is 60.9 Å². The SMILES string of the molecule is CC1(NC(=O)c2ccc(NC(=O)O)cc2)CCCC(Nc2ncc(Cl)c(-c3c[nH]c4ccccc34)n2)C1. The van der Waals surface area contributed by atoms with Gasteiger partial charge in [-0.2, -0.15) is 0 Å². The second-order valence-electron chi connectivity index (χ2n) is 9.60. The number of hydrogen-bond donors (Lipinski definition) is 5. The number of halogens is 1. The molecule has 4 aromatic rings. The second-order valence-corrected chi connectivity index (χ2v) is 10.0. The van der Waals surface area contributed by atoms with E-state index >= 15 is 0 Å². The fourth-order valence-corrected chi connectivity index (χ4v) is 5.17. The minimum absolute atomic E-state index is 0.0678. The highest BCUT2D eigenvalue weighted by Crippen LogP contribution is 2.34. The van der Waals surface area contributed by atoms with Crippen molar-refractivity contribution >= 4 is 46.1 Å². The van der Waals surface area contributed by atoms with Crippen LogP contribution < -0.4 is 16.0 Å². The summed E-state index contributed by atoms with van der Waals surface area (Å²) in [6.07, 6.45) is 5.77. The van der Waals surface area contributed by atoms with Crippen LogP contribution in [0.3, 0.4) is 0 Å². The minimum Gasteiger partial charge on any atom is -0.465 e. The lowest BCUT2D eigenvalue weighted by Gasteiger charge is -2.39. The molecule has 2 aromatic heterocycles. The molecule has 5 rings (SSSR count). The summed E-state index contributed by atoms with van der Waals surface area (Å²) in [6.45, 7) is 2.04. The van der Waals surface area contributed by atoms with E-state index in [1.807, 2.05) is 37.4 Å². The lowest BCUT2D eigenvalue weighted by atomic mass is 9.80. The van der Waals surface area contributed by atoms with E-state index in [0.29, 0.717) is 34.3 Å². The van der Waals surface area contributed by atoms with E-state index in [4.69, 9.17) is 21.7 Å². The predicted octanol–water partition coefficient (Wildman–Crippen LogP) is 5.91. The lowest BCUT2D eigenvalue weighted by molar-refractivity contribution is 0.0879. The molecule has 5 N–H and O–H groups in total. The van der Waals surface area contributed by atoms with E-state index < -0.39 is 11.6 Å². The number of aromatic amines is 1. The summed E-state index contributed by atoms with van der Waals surface area (Å²) < 4.78 is 0. The molecule has 0 bridgehead atoms. The van der Waals surface area contributed by atoms with Crippen molar-refractivity contribution < 1.29 is 14.7 Å². The molecule has 190 valence electrons.